The molecule has 0 aliphatic heterocycles. The maximum atomic E-state index is 5.84. The number of allylic oxidation sites excluding steroid dienone is 2. The molecule has 0 atom stereocenters. The van der Waals surface area contributed by atoms with Crippen LogP contribution in [-0.4, -0.2) is 0 Å². The van der Waals surface area contributed by atoms with E-state index in [1.807, 2.05) is 19.1 Å². The van der Waals surface area contributed by atoms with E-state index in [9.17, 15) is 0 Å². The van der Waals surface area contributed by atoms with Crippen molar-refractivity contribution in [2.24, 2.45) is 5.73 Å². The molecule has 6 aromatic carbocycles. The number of rotatable bonds is 4. The molecule has 2 N–H and O–H groups in total. The quantitative estimate of drug-likeness (QED) is 0.175. The minimum atomic E-state index is 1.03. The SMILES string of the molecule is C/C=C(\C=C/N)N(c1ccccc1)c1ccc2c3cccc4cccc(c5cccc1c52)c43. The third-order valence-corrected chi connectivity index (χ3v) is 6.58. The number of benzene rings is 6. The molecule has 0 aliphatic carbocycles. The molecule has 0 heterocycles. The average Bonchev–Trinajstić information content (AvgIpc) is 2.88. The van der Waals surface area contributed by atoms with Gasteiger partial charge in [0.1, 0.15) is 0 Å². The topological polar surface area (TPSA) is 29.3 Å². The normalized spacial score (nSPS) is 12.6. The third-order valence-electron chi connectivity index (χ3n) is 6.58. The summed E-state index contributed by atoms with van der Waals surface area (Å²) >= 11 is 0. The predicted molar refractivity (Wildman–Crippen MR) is 143 cm³/mol. The summed E-state index contributed by atoms with van der Waals surface area (Å²) in [6, 6.07) is 34.9. The van der Waals surface area contributed by atoms with E-state index in [0.29, 0.717) is 0 Å². The van der Waals surface area contributed by atoms with Gasteiger partial charge in [0.05, 0.1) is 5.69 Å². The van der Waals surface area contributed by atoms with Crippen molar-refractivity contribution in [1.82, 2.24) is 0 Å². The molecule has 2 nitrogen and oxygen atoms in total. The van der Waals surface area contributed by atoms with Gasteiger partial charge in [-0.05, 0) is 75.1 Å². The fraction of sp³-hybridized carbons (Fsp3) is 0.0323. The molecule has 0 aromatic heterocycles. The molecule has 158 valence electrons. The number of para-hydroxylation sites is 1. The van der Waals surface area contributed by atoms with Gasteiger partial charge < -0.3 is 10.6 Å². The van der Waals surface area contributed by atoms with Gasteiger partial charge in [-0.2, -0.15) is 0 Å². The molecule has 6 aromatic rings. The van der Waals surface area contributed by atoms with Crippen LogP contribution >= 0.6 is 0 Å². The molecule has 6 rings (SSSR count). The fourth-order valence-electron chi connectivity index (χ4n) is 5.23. The highest BCUT2D eigenvalue weighted by Gasteiger charge is 2.19. The molecular formula is C31H24N2. The molecule has 0 aliphatic rings. The summed E-state index contributed by atoms with van der Waals surface area (Å²) in [5.41, 5.74) is 9.11. The highest BCUT2D eigenvalue weighted by Crippen LogP contribution is 2.44. The molecule has 2 heteroatoms. The molecule has 33 heavy (non-hydrogen) atoms. The Morgan fingerprint density at radius 2 is 1.24 bits per heavy atom. The minimum absolute atomic E-state index is 1.03. The first kappa shape index (κ1) is 19.4. The van der Waals surface area contributed by atoms with Gasteiger partial charge in [0.15, 0.2) is 0 Å². The van der Waals surface area contributed by atoms with Crippen LogP contribution in [0.25, 0.3) is 43.1 Å². The van der Waals surface area contributed by atoms with Crippen LogP contribution in [0.3, 0.4) is 0 Å². The second-order valence-corrected chi connectivity index (χ2v) is 8.31. The molecule has 0 amide bonds. The standard InChI is InChI=1S/C31H24N2/c1-2-22(19-20-32)33(23-11-4-3-5-12-23)29-18-17-27-25-14-7-10-21-9-6-13-24(30(21)25)26-15-8-16-28(29)31(26)27/h2-20H,32H2,1H3/b20-19-,22-2+. The van der Waals surface area contributed by atoms with E-state index in [-0.39, 0.29) is 0 Å². The van der Waals surface area contributed by atoms with Crippen LogP contribution in [0.4, 0.5) is 11.4 Å². The highest BCUT2D eigenvalue weighted by molar-refractivity contribution is 6.34. The summed E-state index contributed by atoms with van der Waals surface area (Å²) in [5.74, 6) is 0. The summed E-state index contributed by atoms with van der Waals surface area (Å²) in [4.78, 5) is 2.29. The van der Waals surface area contributed by atoms with Gasteiger partial charge in [-0.3, -0.25) is 0 Å². The Balaban J connectivity index is 1.77. The van der Waals surface area contributed by atoms with Crippen LogP contribution in [0.2, 0.25) is 0 Å². The van der Waals surface area contributed by atoms with E-state index in [1.165, 1.54) is 43.1 Å². The van der Waals surface area contributed by atoms with Crippen molar-refractivity contribution in [3.8, 4) is 0 Å². The lowest BCUT2D eigenvalue weighted by Gasteiger charge is -2.28. The maximum Gasteiger partial charge on any atom is 0.0540 e. The Bertz CT molecular complexity index is 1630. The molecule has 0 unspecified atom stereocenters. The second kappa shape index (κ2) is 7.68. The van der Waals surface area contributed by atoms with Crippen molar-refractivity contribution in [3.05, 3.63) is 121 Å². The molecule has 0 radical (unpaired) electrons. The number of hydrogen-bond donors (Lipinski definition) is 1. The van der Waals surface area contributed by atoms with E-state index in [4.69, 9.17) is 5.73 Å². The Morgan fingerprint density at radius 1 is 0.636 bits per heavy atom. The van der Waals surface area contributed by atoms with Gasteiger partial charge >= 0.3 is 0 Å². The molecule has 0 saturated carbocycles. The van der Waals surface area contributed by atoms with Gasteiger partial charge in [0.25, 0.3) is 0 Å². The van der Waals surface area contributed by atoms with E-state index >= 15 is 0 Å². The number of hydrogen-bond acceptors (Lipinski definition) is 2. The lowest BCUT2D eigenvalue weighted by atomic mass is 9.89. The molecule has 0 fully saturated rings. The number of nitrogens with two attached hydrogens (primary N) is 1. The van der Waals surface area contributed by atoms with E-state index in [1.54, 1.807) is 6.20 Å². The van der Waals surface area contributed by atoms with Crippen molar-refractivity contribution < 1.29 is 0 Å². The zero-order chi connectivity index (χ0) is 22.4. The van der Waals surface area contributed by atoms with Gasteiger partial charge in [0.2, 0.25) is 0 Å². The zero-order valence-corrected chi connectivity index (χ0v) is 18.5. The van der Waals surface area contributed by atoms with Gasteiger partial charge in [0, 0.05) is 16.8 Å². The first-order chi connectivity index (χ1) is 16.3. The fourth-order valence-corrected chi connectivity index (χ4v) is 5.23. The summed E-state index contributed by atoms with van der Waals surface area (Å²) in [6.07, 6.45) is 5.66. The molecule has 0 bridgehead atoms. The van der Waals surface area contributed by atoms with Crippen LogP contribution in [-0.2, 0) is 0 Å². The van der Waals surface area contributed by atoms with Gasteiger partial charge in [-0.1, -0.05) is 84.9 Å². The first-order valence-corrected chi connectivity index (χ1v) is 11.3. The molecule has 0 spiro atoms. The van der Waals surface area contributed by atoms with Gasteiger partial charge in [-0.25, -0.2) is 0 Å². The lowest BCUT2D eigenvalue weighted by Crippen LogP contribution is -2.15. The zero-order valence-electron chi connectivity index (χ0n) is 18.5. The maximum absolute atomic E-state index is 5.84. The van der Waals surface area contributed by atoms with E-state index in [0.717, 1.165) is 17.1 Å². The van der Waals surface area contributed by atoms with Crippen molar-refractivity contribution >= 4 is 54.5 Å². The Kier molecular flexibility index (Phi) is 4.51. The van der Waals surface area contributed by atoms with Crippen molar-refractivity contribution in [3.63, 3.8) is 0 Å². The van der Waals surface area contributed by atoms with Crippen molar-refractivity contribution in [1.29, 1.82) is 0 Å². The second-order valence-electron chi connectivity index (χ2n) is 8.31. The van der Waals surface area contributed by atoms with Crippen LogP contribution < -0.4 is 10.6 Å². The first-order valence-electron chi connectivity index (χ1n) is 11.3. The van der Waals surface area contributed by atoms with Crippen molar-refractivity contribution in [2.45, 2.75) is 6.92 Å². The average molecular weight is 425 g/mol. The Morgan fingerprint density at radius 3 is 1.91 bits per heavy atom. The van der Waals surface area contributed by atoms with Crippen molar-refractivity contribution in [2.75, 3.05) is 4.90 Å². The predicted octanol–water partition coefficient (Wildman–Crippen LogP) is 8.25. The van der Waals surface area contributed by atoms with E-state index in [2.05, 4.69) is 102 Å². The molecule has 0 saturated heterocycles. The van der Waals surface area contributed by atoms with E-state index < -0.39 is 0 Å². The van der Waals surface area contributed by atoms with Crippen LogP contribution in [0.1, 0.15) is 6.92 Å². The summed E-state index contributed by atoms with van der Waals surface area (Å²) in [6.45, 7) is 2.05. The highest BCUT2D eigenvalue weighted by atomic mass is 15.1. The number of nitrogens with zero attached hydrogens (tertiary/aromatic N) is 1. The van der Waals surface area contributed by atoms with Gasteiger partial charge in [-0.15, -0.1) is 0 Å². The smallest absolute Gasteiger partial charge is 0.0540 e. The largest absolute Gasteiger partial charge is 0.405 e. The Labute approximate surface area is 193 Å². The number of anilines is 2. The monoisotopic (exact) mass is 424 g/mol. The lowest BCUT2D eigenvalue weighted by molar-refractivity contribution is 1.21. The number of fused-ring (bicyclic) bond motifs is 2. The summed E-state index contributed by atoms with van der Waals surface area (Å²) < 4.78 is 0. The summed E-state index contributed by atoms with van der Waals surface area (Å²) in [5, 5.41) is 10.3. The van der Waals surface area contributed by atoms with Crippen LogP contribution in [0.5, 0.6) is 0 Å². The Hall–Kier alpha value is -4.30. The third kappa shape index (κ3) is 2.88. The van der Waals surface area contributed by atoms with Crippen LogP contribution in [0, 0.1) is 0 Å². The summed E-state index contributed by atoms with van der Waals surface area (Å²) in [7, 11) is 0. The minimum Gasteiger partial charge on any atom is -0.405 e. The molecular weight excluding hydrogens is 400 g/mol. The van der Waals surface area contributed by atoms with Crippen LogP contribution in [0.15, 0.2) is 121 Å².